The summed E-state index contributed by atoms with van der Waals surface area (Å²) >= 11 is 2.11. The average molecular weight is 345 g/mol. The monoisotopic (exact) mass is 345 g/mol. The van der Waals surface area contributed by atoms with Gasteiger partial charge in [0.25, 0.3) is 0 Å². The van der Waals surface area contributed by atoms with Crippen molar-refractivity contribution in [2.75, 3.05) is 13.1 Å². The zero-order valence-electron chi connectivity index (χ0n) is 9.69. The predicted molar refractivity (Wildman–Crippen MR) is 75.5 cm³/mol. The van der Waals surface area contributed by atoms with Crippen LogP contribution in [0.2, 0.25) is 0 Å². The number of amides is 1. The summed E-state index contributed by atoms with van der Waals surface area (Å²) in [6.07, 6.45) is 8.08. The highest BCUT2D eigenvalue weighted by molar-refractivity contribution is 14.1. The lowest BCUT2D eigenvalue weighted by Crippen LogP contribution is -2.30. The zero-order chi connectivity index (χ0) is 12.1. The first-order valence-corrected chi connectivity index (χ1v) is 7.06. The van der Waals surface area contributed by atoms with Crippen molar-refractivity contribution >= 4 is 34.6 Å². The number of halogens is 1. The lowest BCUT2D eigenvalue weighted by atomic mass is 10.2. The summed E-state index contributed by atoms with van der Waals surface area (Å²) in [6, 6.07) is 3.75. The highest BCUT2D eigenvalue weighted by atomic mass is 127. The molecule has 0 unspecified atom stereocenters. The molecular weight excluding hydrogens is 329 g/mol. The highest BCUT2D eigenvalue weighted by Crippen LogP contribution is 2.13. The summed E-state index contributed by atoms with van der Waals surface area (Å²) < 4.78 is 6.21. The van der Waals surface area contributed by atoms with Gasteiger partial charge in [-0.3, -0.25) is 4.79 Å². The number of hydrogen-bond donors (Lipinski definition) is 0. The second kappa shape index (κ2) is 6.23. The molecule has 1 aromatic heterocycles. The largest absolute Gasteiger partial charge is 0.451 e. The van der Waals surface area contributed by atoms with E-state index < -0.39 is 0 Å². The molecule has 2 rings (SSSR count). The topological polar surface area (TPSA) is 33.5 Å². The number of hydrogen-bond acceptors (Lipinski definition) is 2. The van der Waals surface area contributed by atoms with Crippen LogP contribution in [0.1, 0.15) is 31.4 Å². The van der Waals surface area contributed by atoms with Crippen molar-refractivity contribution in [3.8, 4) is 0 Å². The molecule has 2 heterocycles. The minimum absolute atomic E-state index is 0.0957. The Morgan fingerprint density at radius 2 is 1.94 bits per heavy atom. The van der Waals surface area contributed by atoms with Crippen LogP contribution < -0.4 is 0 Å². The van der Waals surface area contributed by atoms with E-state index in [1.54, 1.807) is 12.2 Å². The van der Waals surface area contributed by atoms with Crippen molar-refractivity contribution in [2.45, 2.75) is 25.7 Å². The number of likely N-dealkylation sites (tertiary alicyclic amines) is 1. The van der Waals surface area contributed by atoms with Crippen LogP contribution in [0.5, 0.6) is 0 Å². The molecule has 1 saturated heterocycles. The van der Waals surface area contributed by atoms with Gasteiger partial charge >= 0.3 is 0 Å². The fraction of sp³-hybridized carbons (Fsp3) is 0.462. The van der Waals surface area contributed by atoms with Crippen LogP contribution in [-0.2, 0) is 4.79 Å². The van der Waals surface area contributed by atoms with Crippen LogP contribution in [0.4, 0.5) is 0 Å². The molecule has 3 nitrogen and oxygen atoms in total. The van der Waals surface area contributed by atoms with Gasteiger partial charge in [-0.2, -0.15) is 0 Å². The first-order chi connectivity index (χ1) is 8.25. The third kappa shape index (κ3) is 3.87. The van der Waals surface area contributed by atoms with Gasteiger partial charge in [0.05, 0.1) is 0 Å². The van der Waals surface area contributed by atoms with Gasteiger partial charge in [-0.15, -0.1) is 0 Å². The Bertz CT molecular complexity index is 403. The smallest absolute Gasteiger partial charge is 0.246 e. The van der Waals surface area contributed by atoms with Crippen molar-refractivity contribution in [3.63, 3.8) is 0 Å². The number of furan rings is 1. The average Bonchev–Trinajstić information content (AvgIpc) is 2.58. The van der Waals surface area contributed by atoms with Crippen molar-refractivity contribution in [1.82, 2.24) is 4.90 Å². The minimum Gasteiger partial charge on any atom is -0.451 e. The molecule has 1 aliphatic rings. The van der Waals surface area contributed by atoms with E-state index in [-0.39, 0.29) is 5.91 Å². The molecule has 0 aromatic carbocycles. The van der Waals surface area contributed by atoms with Gasteiger partial charge in [-0.25, -0.2) is 0 Å². The van der Waals surface area contributed by atoms with E-state index in [1.807, 2.05) is 17.0 Å². The Hall–Kier alpha value is -0.780. The van der Waals surface area contributed by atoms with Crippen LogP contribution in [0.25, 0.3) is 6.08 Å². The molecule has 0 aliphatic carbocycles. The van der Waals surface area contributed by atoms with Crippen LogP contribution >= 0.6 is 22.6 Å². The maximum Gasteiger partial charge on any atom is 0.246 e. The highest BCUT2D eigenvalue weighted by Gasteiger charge is 2.12. The molecule has 1 aromatic rings. The summed E-state index contributed by atoms with van der Waals surface area (Å²) in [6.45, 7) is 1.78. The van der Waals surface area contributed by atoms with Gasteiger partial charge in [0.1, 0.15) is 5.76 Å². The van der Waals surface area contributed by atoms with Gasteiger partial charge in [0, 0.05) is 19.2 Å². The fourth-order valence-electron chi connectivity index (χ4n) is 1.97. The van der Waals surface area contributed by atoms with E-state index in [4.69, 9.17) is 4.42 Å². The molecule has 4 heteroatoms. The Labute approximate surface area is 115 Å². The van der Waals surface area contributed by atoms with Gasteiger partial charge < -0.3 is 9.32 Å². The van der Waals surface area contributed by atoms with Gasteiger partial charge in [0.2, 0.25) is 5.91 Å². The summed E-state index contributed by atoms with van der Waals surface area (Å²) in [7, 11) is 0. The molecule has 0 N–H and O–H groups in total. The van der Waals surface area contributed by atoms with Crippen LogP contribution in [0.15, 0.2) is 22.6 Å². The van der Waals surface area contributed by atoms with E-state index in [1.165, 1.54) is 12.8 Å². The molecule has 0 bridgehead atoms. The molecule has 0 atom stereocenters. The summed E-state index contributed by atoms with van der Waals surface area (Å²) in [5.74, 6) is 0.830. The maximum atomic E-state index is 11.9. The molecular formula is C13H16INO2. The van der Waals surface area contributed by atoms with Crippen molar-refractivity contribution in [1.29, 1.82) is 0 Å². The van der Waals surface area contributed by atoms with Gasteiger partial charge in [-0.05, 0) is 53.6 Å². The van der Waals surface area contributed by atoms with E-state index >= 15 is 0 Å². The normalized spacial score (nSPS) is 17.4. The molecule has 1 amide bonds. The molecule has 17 heavy (non-hydrogen) atoms. The first kappa shape index (κ1) is 12.7. The van der Waals surface area contributed by atoms with E-state index in [9.17, 15) is 4.79 Å². The molecule has 92 valence electrons. The first-order valence-electron chi connectivity index (χ1n) is 5.98. The number of carbonyl (C=O) groups is 1. The molecule has 0 radical (unpaired) electrons. The standard InChI is InChI=1S/C13H16INO2/c14-12-7-5-11(17-12)6-8-13(16)15-9-3-1-2-4-10-15/h5-8H,1-4,9-10H2/b8-6+. The lowest BCUT2D eigenvalue weighted by molar-refractivity contribution is -0.125. The van der Waals surface area contributed by atoms with Crippen molar-refractivity contribution in [2.24, 2.45) is 0 Å². The molecule has 1 fully saturated rings. The summed E-state index contributed by atoms with van der Waals surface area (Å²) in [5.41, 5.74) is 0. The van der Waals surface area contributed by atoms with Crippen molar-refractivity contribution in [3.05, 3.63) is 27.7 Å². The Kier molecular flexibility index (Phi) is 4.65. The third-order valence-electron chi connectivity index (χ3n) is 2.90. The van der Waals surface area contributed by atoms with E-state index in [0.717, 1.165) is 35.5 Å². The van der Waals surface area contributed by atoms with Crippen LogP contribution in [0, 0.1) is 3.77 Å². The Morgan fingerprint density at radius 1 is 1.24 bits per heavy atom. The lowest BCUT2D eigenvalue weighted by Gasteiger charge is -2.17. The summed E-state index contributed by atoms with van der Waals surface area (Å²) in [4.78, 5) is 13.9. The second-order valence-corrected chi connectivity index (χ2v) is 5.28. The zero-order valence-corrected chi connectivity index (χ0v) is 11.9. The quantitative estimate of drug-likeness (QED) is 0.609. The van der Waals surface area contributed by atoms with Crippen molar-refractivity contribution < 1.29 is 9.21 Å². The Morgan fingerprint density at radius 3 is 2.53 bits per heavy atom. The second-order valence-electron chi connectivity index (χ2n) is 4.21. The molecule has 1 aliphatic heterocycles. The fourth-order valence-corrected chi connectivity index (χ4v) is 2.40. The molecule has 0 saturated carbocycles. The predicted octanol–water partition coefficient (Wildman–Crippen LogP) is 3.30. The van der Waals surface area contributed by atoms with Gasteiger partial charge in [0.15, 0.2) is 3.77 Å². The SMILES string of the molecule is O=C(/C=C/c1ccc(I)o1)N1CCCCCC1. The Balaban J connectivity index is 1.93. The number of rotatable bonds is 2. The van der Waals surface area contributed by atoms with E-state index in [2.05, 4.69) is 22.6 Å². The number of nitrogens with zero attached hydrogens (tertiary/aromatic N) is 1. The third-order valence-corrected chi connectivity index (χ3v) is 3.48. The summed E-state index contributed by atoms with van der Waals surface area (Å²) in [5, 5.41) is 0. The van der Waals surface area contributed by atoms with Crippen LogP contribution in [0.3, 0.4) is 0 Å². The van der Waals surface area contributed by atoms with Crippen LogP contribution in [-0.4, -0.2) is 23.9 Å². The molecule has 0 spiro atoms. The maximum absolute atomic E-state index is 11.9. The minimum atomic E-state index is 0.0957. The number of carbonyl (C=O) groups excluding carboxylic acids is 1. The van der Waals surface area contributed by atoms with E-state index in [0.29, 0.717) is 0 Å². The van der Waals surface area contributed by atoms with Gasteiger partial charge in [-0.1, -0.05) is 12.8 Å².